The van der Waals surface area contributed by atoms with Crippen LogP contribution in [0.3, 0.4) is 0 Å². The predicted molar refractivity (Wildman–Crippen MR) is 217 cm³/mol. The number of aliphatic carboxylic acids is 1. The summed E-state index contributed by atoms with van der Waals surface area (Å²) < 4.78 is 17.8. The van der Waals surface area contributed by atoms with Crippen LogP contribution in [-0.2, 0) is 16.0 Å². The van der Waals surface area contributed by atoms with Gasteiger partial charge in [0.05, 0.1) is 0 Å². The van der Waals surface area contributed by atoms with Gasteiger partial charge in [-0.1, -0.05) is 63.5 Å². The number of carbonyl (C=O) groups excluding carboxylic acids is 1. The second-order valence-electron chi connectivity index (χ2n) is 19.9. The number of hydrogen-bond acceptors (Lipinski definition) is 7. The number of rotatable bonds is 10. The van der Waals surface area contributed by atoms with Gasteiger partial charge in [0, 0.05) is 37.8 Å². The van der Waals surface area contributed by atoms with Gasteiger partial charge < -0.3 is 25.4 Å². The zero-order chi connectivity index (χ0) is 38.8. The van der Waals surface area contributed by atoms with Gasteiger partial charge in [-0.05, 0) is 140 Å². The predicted octanol–water partition coefficient (Wildman–Crippen LogP) is 7.15. The molecule has 4 saturated carbocycles. The molecular weight excluding hydrogens is 709 g/mol. The number of aromatic nitrogens is 1. The molecule has 55 heavy (non-hydrogen) atoms. The molecule has 2 heterocycles. The number of nitrogens with two attached hydrogens (primary N) is 1. The minimum Gasteiger partial charge on any atom is -0.616 e. The molecule has 7 aliphatic rings. The summed E-state index contributed by atoms with van der Waals surface area (Å²) >= 11 is -0.614. The van der Waals surface area contributed by atoms with Crippen LogP contribution in [0, 0.1) is 51.2 Å². The summed E-state index contributed by atoms with van der Waals surface area (Å²) in [6.45, 7) is 14.4. The van der Waals surface area contributed by atoms with Crippen LogP contribution < -0.4 is 15.8 Å². The lowest BCUT2D eigenvalue weighted by molar-refractivity contribution is -0.175. The molecule has 5 fully saturated rings. The molecule has 1 amide bonds. The van der Waals surface area contributed by atoms with Crippen molar-refractivity contribution in [3.05, 3.63) is 47.2 Å². The van der Waals surface area contributed by atoms with E-state index in [1.807, 2.05) is 0 Å². The van der Waals surface area contributed by atoms with Crippen molar-refractivity contribution in [2.75, 3.05) is 44.3 Å². The van der Waals surface area contributed by atoms with E-state index in [1.165, 1.54) is 75.0 Å². The first kappa shape index (κ1) is 39.4. The van der Waals surface area contributed by atoms with E-state index in [0.717, 1.165) is 67.8 Å². The Bertz CT molecular complexity index is 1710. The number of primary amides is 1. The largest absolute Gasteiger partial charge is 0.616 e. The average Bonchev–Trinajstić information content (AvgIpc) is 3.59. The number of pyridine rings is 1. The highest BCUT2D eigenvalue weighted by Gasteiger charge is 2.65. The Balaban J connectivity index is 0.953. The van der Waals surface area contributed by atoms with Crippen LogP contribution in [0.2, 0.25) is 0 Å². The number of carboxylic acid groups (broad SMARTS) is 1. The monoisotopic (exact) mass is 774 g/mol. The summed E-state index contributed by atoms with van der Waals surface area (Å²) in [7, 11) is 0. The van der Waals surface area contributed by atoms with Crippen LogP contribution in [0.4, 0.5) is 0 Å². The molecule has 10 heteroatoms. The number of nitrogens with zero attached hydrogens (tertiary/aromatic N) is 2. The van der Waals surface area contributed by atoms with Crippen molar-refractivity contribution in [2.24, 2.45) is 57.0 Å². The Hall–Kier alpha value is -2.40. The second kappa shape index (κ2) is 14.8. The third-order valence-electron chi connectivity index (χ3n) is 17.1. The molecule has 1 saturated heterocycles. The van der Waals surface area contributed by atoms with E-state index in [0.29, 0.717) is 36.1 Å². The Morgan fingerprint density at radius 3 is 2.49 bits per heavy atom. The molecular formula is C45H66N4O5S. The Kier molecular flexibility index (Phi) is 10.6. The average molecular weight is 775 g/mol. The number of ether oxygens (including phenoxy) is 1. The maximum absolute atomic E-state index is 12.7. The first-order valence-electron chi connectivity index (χ1n) is 21.6. The van der Waals surface area contributed by atoms with E-state index in [2.05, 4.69) is 55.0 Å². The summed E-state index contributed by atoms with van der Waals surface area (Å²) in [5, 5.41) is 14.7. The molecule has 0 radical (unpaired) electrons. The number of carboxylic acids is 1. The molecule has 0 aromatic carbocycles. The smallest absolute Gasteiger partial charge is 0.313 e. The second-order valence-corrected chi connectivity index (χ2v) is 21.6. The minimum absolute atomic E-state index is 0.00632. The molecule has 9 nitrogen and oxygen atoms in total. The first-order valence-corrected chi connectivity index (χ1v) is 23.1. The fourth-order valence-electron chi connectivity index (χ4n) is 14.4. The van der Waals surface area contributed by atoms with Crippen molar-refractivity contribution in [3.63, 3.8) is 0 Å². The van der Waals surface area contributed by atoms with Gasteiger partial charge in [-0.25, -0.2) is 4.98 Å². The van der Waals surface area contributed by atoms with E-state index in [9.17, 15) is 19.2 Å². The molecule has 8 rings (SSSR count). The van der Waals surface area contributed by atoms with Gasteiger partial charge in [0.15, 0.2) is 0 Å². The fourth-order valence-corrected chi connectivity index (χ4v) is 15.5. The van der Waals surface area contributed by atoms with Crippen molar-refractivity contribution in [2.45, 2.75) is 117 Å². The molecule has 1 aromatic heterocycles. The zero-order valence-electron chi connectivity index (χ0n) is 33.9. The minimum atomic E-state index is -1.05. The molecule has 0 bridgehead atoms. The molecule has 8 unspecified atom stereocenters. The van der Waals surface area contributed by atoms with E-state index < -0.39 is 28.5 Å². The third-order valence-corrected chi connectivity index (χ3v) is 18.4. The lowest BCUT2D eigenvalue weighted by Crippen LogP contribution is -2.64. The van der Waals surface area contributed by atoms with Crippen molar-refractivity contribution in [1.29, 1.82) is 0 Å². The molecule has 6 aliphatic carbocycles. The third kappa shape index (κ3) is 6.80. The van der Waals surface area contributed by atoms with Crippen LogP contribution in [-0.4, -0.2) is 81.3 Å². The normalized spacial score (nSPS) is 40.1. The lowest BCUT2D eigenvalue weighted by Gasteiger charge is -2.68. The van der Waals surface area contributed by atoms with Gasteiger partial charge >= 0.3 is 5.97 Å². The summed E-state index contributed by atoms with van der Waals surface area (Å²) in [6.07, 6.45) is 19.6. The standard InChI is InChI=1S/C45H66N4O5S/c1-41(2)32(30-12-20-44(21-13-30,40(51)52)29-54-38-9-5-8-35(48-38)39(46)50)14-18-43(4)36(41)16-19-42(3)33-15-22-45(47-23-24-49-25-27-55(53)28-26-49)17-6-7-34(45)31(33)10-11-37(42)43/h5,8-9,12,14,31,33-34,36-37,47H,6-7,10-11,13,15-29H2,1-4H3,(H2,46,50)(H,51,52)/t31?,33?,34-,36?,37?,42?,43?,44?,45?/m1/s1. The van der Waals surface area contributed by atoms with E-state index in [4.69, 9.17) is 10.5 Å². The van der Waals surface area contributed by atoms with Crippen molar-refractivity contribution < 1.29 is 24.0 Å². The maximum atomic E-state index is 12.7. The van der Waals surface area contributed by atoms with Gasteiger partial charge in [0.25, 0.3) is 5.91 Å². The molecule has 1 aliphatic heterocycles. The van der Waals surface area contributed by atoms with Crippen LogP contribution in [0.1, 0.15) is 122 Å². The van der Waals surface area contributed by atoms with Crippen LogP contribution in [0.5, 0.6) is 5.88 Å². The van der Waals surface area contributed by atoms with E-state index in [-0.39, 0.29) is 29.0 Å². The van der Waals surface area contributed by atoms with Crippen molar-refractivity contribution in [1.82, 2.24) is 15.2 Å². The number of allylic oxidation sites excluding steroid dienone is 4. The molecule has 302 valence electrons. The number of amides is 1. The van der Waals surface area contributed by atoms with Crippen LogP contribution >= 0.6 is 0 Å². The summed E-state index contributed by atoms with van der Waals surface area (Å²) in [5.41, 5.74) is 8.19. The van der Waals surface area contributed by atoms with Crippen molar-refractivity contribution >= 4 is 23.1 Å². The number of nitrogens with one attached hydrogen (secondary N) is 1. The number of fused-ring (bicyclic) bond motifs is 7. The quantitative estimate of drug-likeness (QED) is 0.213. The van der Waals surface area contributed by atoms with E-state index >= 15 is 0 Å². The fraction of sp³-hybridized carbons (Fsp3) is 0.756. The Morgan fingerprint density at radius 1 is 0.964 bits per heavy atom. The highest BCUT2D eigenvalue weighted by Crippen LogP contribution is 2.72. The van der Waals surface area contributed by atoms with E-state index in [1.54, 1.807) is 12.1 Å². The van der Waals surface area contributed by atoms with Crippen LogP contribution in [0.25, 0.3) is 0 Å². The Labute approximate surface area is 332 Å². The SMILES string of the molecule is CC1(C)C(C2=CCC(COc3cccc(C(N)=O)n3)(C(=O)O)CC2)=CCC2(C)C1CCC1(C)C3CCC4(NCCN5CC[S+]([O-])CC5)CCC[C@@H]4C3CCC12. The first-order chi connectivity index (χ1) is 26.2. The number of hydrogen-bond donors (Lipinski definition) is 3. The molecule has 4 N–H and O–H groups in total. The zero-order valence-corrected chi connectivity index (χ0v) is 34.7. The van der Waals surface area contributed by atoms with Gasteiger partial charge in [-0.15, -0.1) is 0 Å². The lowest BCUT2D eigenvalue weighted by atomic mass is 9.37. The Morgan fingerprint density at radius 2 is 1.76 bits per heavy atom. The summed E-state index contributed by atoms with van der Waals surface area (Å²) in [5.74, 6) is 4.16. The highest BCUT2D eigenvalue weighted by atomic mass is 32.2. The van der Waals surface area contributed by atoms with Gasteiger partial charge in [0.2, 0.25) is 5.88 Å². The van der Waals surface area contributed by atoms with Gasteiger partial charge in [-0.3, -0.25) is 14.5 Å². The molecule has 9 atom stereocenters. The topological polar surface area (TPSA) is 141 Å². The van der Waals surface area contributed by atoms with Gasteiger partial charge in [-0.2, -0.15) is 0 Å². The highest BCUT2D eigenvalue weighted by molar-refractivity contribution is 7.91. The molecule has 1 aromatic rings. The van der Waals surface area contributed by atoms with Crippen LogP contribution in [0.15, 0.2) is 41.5 Å². The van der Waals surface area contributed by atoms with Crippen molar-refractivity contribution in [3.8, 4) is 5.88 Å². The maximum Gasteiger partial charge on any atom is 0.313 e. The van der Waals surface area contributed by atoms with Gasteiger partial charge in [0.1, 0.15) is 29.2 Å². The summed E-state index contributed by atoms with van der Waals surface area (Å²) in [6, 6.07) is 4.82. The summed E-state index contributed by atoms with van der Waals surface area (Å²) in [4.78, 5) is 31.1. The molecule has 0 spiro atoms. The number of carbonyl (C=O) groups is 2.